The third kappa shape index (κ3) is 1.97. The number of ether oxygens (including phenoxy) is 1. The Morgan fingerprint density at radius 1 is 1.64 bits per heavy atom. The third-order valence-corrected chi connectivity index (χ3v) is 1.14. The first kappa shape index (κ1) is 7.60. The van der Waals surface area contributed by atoms with Crippen molar-refractivity contribution in [3.05, 3.63) is 42.3 Å². The van der Waals surface area contributed by atoms with E-state index < -0.39 is 0 Å². The molecule has 0 radical (unpaired) electrons. The summed E-state index contributed by atoms with van der Waals surface area (Å²) in [4.78, 5) is 0. The fraction of sp³-hybridized carbons (Fsp3) is 0.125. The molecular formula is C8H9NO2. The van der Waals surface area contributed by atoms with Gasteiger partial charge in [0.1, 0.15) is 6.61 Å². The molecule has 0 atom stereocenters. The molecule has 11 heavy (non-hydrogen) atoms. The van der Waals surface area contributed by atoms with Gasteiger partial charge in [0.2, 0.25) is 0 Å². The Morgan fingerprint density at radius 2 is 2.45 bits per heavy atom. The van der Waals surface area contributed by atoms with E-state index in [1.54, 1.807) is 24.3 Å². The van der Waals surface area contributed by atoms with Crippen LogP contribution in [0.4, 0.5) is 0 Å². The highest BCUT2D eigenvalue weighted by molar-refractivity contribution is 5.03. The number of hydrogen-bond donors (Lipinski definition) is 0. The van der Waals surface area contributed by atoms with E-state index >= 15 is 0 Å². The van der Waals surface area contributed by atoms with Crippen LogP contribution in [0.25, 0.3) is 0 Å². The average molecular weight is 151 g/mol. The first-order chi connectivity index (χ1) is 5.34. The van der Waals surface area contributed by atoms with Gasteiger partial charge in [-0.25, -0.2) is 0 Å². The number of hydrogen-bond acceptors (Lipinski definition) is 2. The molecule has 0 N–H and O–H groups in total. The van der Waals surface area contributed by atoms with Crippen molar-refractivity contribution in [2.24, 2.45) is 0 Å². The predicted octanol–water partition coefficient (Wildman–Crippen LogP) is 0.885. The minimum atomic E-state index is 0.299. The lowest BCUT2D eigenvalue weighted by Gasteiger charge is -2.02. The first-order valence-electron chi connectivity index (χ1n) is 3.26. The molecule has 0 spiro atoms. The van der Waals surface area contributed by atoms with Crippen LogP contribution in [-0.2, 0) is 0 Å². The minimum Gasteiger partial charge on any atom is -0.616 e. The van der Waals surface area contributed by atoms with Crippen LogP contribution in [-0.4, -0.2) is 6.61 Å². The van der Waals surface area contributed by atoms with Gasteiger partial charge in [-0.3, -0.25) is 0 Å². The Morgan fingerprint density at radius 3 is 3.09 bits per heavy atom. The molecule has 1 aromatic heterocycles. The SMILES string of the molecule is C=CCOc1cccc[n+]1[O-]. The lowest BCUT2D eigenvalue weighted by atomic mass is 10.5. The standard InChI is InChI=1S/C8H9NO2/c1-2-7-11-8-5-3-4-6-9(8)10/h2-6H,1,7H2. The van der Waals surface area contributed by atoms with Gasteiger partial charge < -0.3 is 9.94 Å². The third-order valence-electron chi connectivity index (χ3n) is 1.14. The van der Waals surface area contributed by atoms with E-state index in [2.05, 4.69) is 6.58 Å². The zero-order valence-corrected chi connectivity index (χ0v) is 6.06. The summed E-state index contributed by atoms with van der Waals surface area (Å²) < 4.78 is 5.69. The normalized spacial score (nSPS) is 9.09. The van der Waals surface area contributed by atoms with Gasteiger partial charge in [-0.15, -0.1) is 4.73 Å². The van der Waals surface area contributed by atoms with Crippen LogP contribution < -0.4 is 9.47 Å². The fourth-order valence-electron chi connectivity index (χ4n) is 0.669. The summed E-state index contributed by atoms with van der Waals surface area (Å²) in [6.45, 7) is 3.82. The van der Waals surface area contributed by atoms with E-state index in [-0.39, 0.29) is 0 Å². The van der Waals surface area contributed by atoms with Crippen molar-refractivity contribution >= 4 is 0 Å². The summed E-state index contributed by atoms with van der Waals surface area (Å²) >= 11 is 0. The second-order valence-electron chi connectivity index (χ2n) is 1.96. The number of nitrogens with zero attached hydrogens (tertiary/aromatic N) is 1. The molecule has 0 bridgehead atoms. The van der Waals surface area contributed by atoms with Crippen molar-refractivity contribution in [3.8, 4) is 5.88 Å². The number of rotatable bonds is 3. The molecule has 1 aromatic rings. The van der Waals surface area contributed by atoms with E-state index in [1.165, 1.54) is 6.20 Å². The molecule has 0 aliphatic heterocycles. The van der Waals surface area contributed by atoms with Gasteiger partial charge in [0.15, 0.2) is 6.20 Å². The maximum absolute atomic E-state index is 10.9. The highest BCUT2D eigenvalue weighted by Crippen LogP contribution is 1.99. The summed E-state index contributed by atoms with van der Waals surface area (Å²) in [7, 11) is 0. The van der Waals surface area contributed by atoms with Crippen LogP contribution in [0.2, 0.25) is 0 Å². The van der Waals surface area contributed by atoms with Crippen LogP contribution in [0.15, 0.2) is 37.1 Å². The van der Waals surface area contributed by atoms with Gasteiger partial charge >= 0.3 is 5.88 Å². The monoisotopic (exact) mass is 151 g/mol. The maximum atomic E-state index is 10.9. The van der Waals surface area contributed by atoms with Gasteiger partial charge in [0.25, 0.3) is 0 Å². The van der Waals surface area contributed by atoms with Crippen molar-refractivity contribution in [2.75, 3.05) is 6.61 Å². The molecule has 0 fully saturated rings. The summed E-state index contributed by atoms with van der Waals surface area (Å²) in [5.41, 5.74) is 0. The summed E-state index contributed by atoms with van der Waals surface area (Å²) in [5.74, 6) is 0.299. The lowest BCUT2D eigenvalue weighted by Crippen LogP contribution is -2.27. The van der Waals surface area contributed by atoms with Crippen LogP contribution >= 0.6 is 0 Å². The van der Waals surface area contributed by atoms with E-state index in [0.29, 0.717) is 17.2 Å². The summed E-state index contributed by atoms with van der Waals surface area (Å²) in [6.07, 6.45) is 2.98. The van der Waals surface area contributed by atoms with E-state index in [9.17, 15) is 5.21 Å². The highest BCUT2D eigenvalue weighted by atomic mass is 16.5. The van der Waals surface area contributed by atoms with E-state index in [4.69, 9.17) is 4.74 Å². The van der Waals surface area contributed by atoms with Crippen molar-refractivity contribution < 1.29 is 9.47 Å². The molecular weight excluding hydrogens is 142 g/mol. The molecule has 0 amide bonds. The van der Waals surface area contributed by atoms with Gasteiger partial charge in [0.05, 0.1) is 6.07 Å². The highest BCUT2D eigenvalue weighted by Gasteiger charge is 2.00. The Bertz CT molecular complexity index is 248. The molecule has 0 saturated heterocycles. The van der Waals surface area contributed by atoms with Gasteiger partial charge in [-0.1, -0.05) is 12.7 Å². The molecule has 0 saturated carbocycles. The molecule has 3 nitrogen and oxygen atoms in total. The minimum absolute atomic E-state index is 0.299. The quantitative estimate of drug-likeness (QED) is 0.365. The van der Waals surface area contributed by atoms with Crippen molar-refractivity contribution in [1.82, 2.24) is 0 Å². The number of aromatic nitrogens is 1. The summed E-state index contributed by atoms with van der Waals surface area (Å²) in [5, 5.41) is 10.9. The topological polar surface area (TPSA) is 36.2 Å². The van der Waals surface area contributed by atoms with Gasteiger partial charge in [-0.05, 0) is 6.07 Å². The molecule has 1 rings (SSSR count). The number of pyridine rings is 1. The zero-order chi connectivity index (χ0) is 8.10. The lowest BCUT2D eigenvalue weighted by molar-refractivity contribution is -0.612. The van der Waals surface area contributed by atoms with E-state index in [0.717, 1.165) is 0 Å². The molecule has 58 valence electrons. The molecule has 0 aliphatic carbocycles. The van der Waals surface area contributed by atoms with Crippen LogP contribution in [0.1, 0.15) is 0 Å². The molecule has 3 heteroatoms. The molecule has 0 unspecified atom stereocenters. The Labute approximate surface area is 65.1 Å². The maximum Gasteiger partial charge on any atom is 0.379 e. The van der Waals surface area contributed by atoms with Crippen LogP contribution in [0.5, 0.6) is 5.88 Å². The molecule has 1 heterocycles. The Hall–Kier alpha value is -1.51. The van der Waals surface area contributed by atoms with E-state index in [1.807, 2.05) is 0 Å². The van der Waals surface area contributed by atoms with Crippen molar-refractivity contribution in [1.29, 1.82) is 0 Å². The molecule has 0 aromatic carbocycles. The molecule has 0 aliphatic rings. The Balaban J connectivity index is 2.69. The second-order valence-corrected chi connectivity index (χ2v) is 1.96. The van der Waals surface area contributed by atoms with Gasteiger partial charge in [0, 0.05) is 6.07 Å². The van der Waals surface area contributed by atoms with Crippen molar-refractivity contribution in [2.45, 2.75) is 0 Å². The van der Waals surface area contributed by atoms with Crippen LogP contribution in [0, 0.1) is 5.21 Å². The average Bonchev–Trinajstić information content (AvgIpc) is 2.03. The van der Waals surface area contributed by atoms with Gasteiger partial charge in [-0.2, -0.15) is 0 Å². The zero-order valence-electron chi connectivity index (χ0n) is 6.06. The van der Waals surface area contributed by atoms with Crippen LogP contribution in [0.3, 0.4) is 0 Å². The summed E-state index contributed by atoms with van der Waals surface area (Å²) in [6, 6.07) is 5.00. The second kappa shape index (κ2) is 3.61. The fourth-order valence-corrected chi connectivity index (χ4v) is 0.669. The smallest absolute Gasteiger partial charge is 0.379 e. The Kier molecular flexibility index (Phi) is 2.49. The largest absolute Gasteiger partial charge is 0.616 e. The first-order valence-corrected chi connectivity index (χ1v) is 3.26. The van der Waals surface area contributed by atoms with Crippen molar-refractivity contribution in [3.63, 3.8) is 0 Å². The predicted molar refractivity (Wildman–Crippen MR) is 41.1 cm³/mol.